The third-order valence-electron chi connectivity index (χ3n) is 1.42. The van der Waals surface area contributed by atoms with E-state index in [4.69, 9.17) is 11.6 Å². The SMILES string of the molecule is O=[N+]([O-])c1cc(Cl)ccc1C(F)F. The van der Waals surface area contributed by atoms with E-state index in [2.05, 4.69) is 0 Å². The lowest BCUT2D eigenvalue weighted by Gasteiger charge is -2.00. The molecular weight excluding hydrogens is 204 g/mol. The minimum absolute atomic E-state index is 0.0658. The van der Waals surface area contributed by atoms with E-state index in [1.54, 1.807) is 0 Å². The van der Waals surface area contributed by atoms with Gasteiger partial charge < -0.3 is 0 Å². The molecule has 0 aliphatic rings. The Balaban J connectivity index is 3.27. The normalized spacial score (nSPS) is 10.5. The summed E-state index contributed by atoms with van der Waals surface area (Å²) in [5.74, 6) is 0. The second-order valence-corrected chi connectivity index (χ2v) is 2.70. The molecule has 0 saturated carbocycles. The number of benzene rings is 1. The van der Waals surface area contributed by atoms with Gasteiger partial charge in [-0.1, -0.05) is 11.6 Å². The van der Waals surface area contributed by atoms with Crippen molar-refractivity contribution in [1.29, 1.82) is 0 Å². The lowest BCUT2D eigenvalue weighted by Crippen LogP contribution is -1.95. The van der Waals surface area contributed by atoms with E-state index in [9.17, 15) is 18.9 Å². The molecule has 0 aliphatic heterocycles. The highest BCUT2D eigenvalue weighted by molar-refractivity contribution is 6.30. The van der Waals surface area contributed by atoms with Crippen molar-refractivity contribution in [3.8, 4) is 0 Å². The number of halogens is 3. The zero-order valence-corrected chi connectivity index (χ0v) is 6.96. The maximum atomic E-state index is 12.2. The Morgan fingerprint density at radius 1 is 1.46 bits per heavy atom. The van der Waals surface area contributed by atoms with Crippen LogP contribution >= 0.6 is 11.6 Å². The summed E-state index contributed by atoms with van der Waals surface area (Å²) in [4.78, 5) is 9.41. The predicted molar refractivity (Wildman–Crippen MR) is 43.1 cm³/mol. The molecule has 0 spiro atoms. The number of nitro benzene ring substituents is 1. The molecule has 6 heteroatoms. The van der Waals surface area contributed by atoms with Crippen LogP contribution in [0.4, 0.5) is 14.5 Å². The maximum absolute atomic E-state index is 12.2. The highest BCUT2D eigenvalue weighted by Crippen LogP contribution is 2.30. The molecule has 0 N–H and O–H groups in total. The molecule has 0 aliphatic carbocycles. The van der Waals surface area contributed by atoms with Gasteiger partial charge in [0.05, 0.1) is 10.5 Å². The van der Waals surface area contributed by atoms with Crippen LogP contribution in [0.25, 0.3) is 0 Å². The van der Waals surface area contributed by atoms with Gasteiger partial charge in [-0.15, -0.1) is 0 Å². The topological polar surface area (TPSA) is 43.1 Å². The van der Waals surface area contributed by atoms with Crippen LogP contribution in [-0.4, -0.2) is 4.92 Å². The van der Waals surface area contributed by atoms with Crippen LogP contribution in [0.5, 0.6) is 0 Å². The Bertz CT molecular complexity index is 343. The zero-order valence-electron chi connectivity index (χ0n) is 6.21. The van der Waals surface area contributed by atoms with Crippen molar-refractivity contribution >= 4 is 17.3 Å². The van der Waals surface area contributed by atoms with Gasteiger partial charge in [0.15, 0.2) is 0 Å². The standard InChI is InChI=1S/C7H4ClF2NO2/c8-4-1-2-5(7(9)10)6(3-4)11(12)13/h1-3,7H. The van der Waals surface area contributed by atoms with Gasteiger partial charge in [-0.2, -0.15) is 0 Å². The first-order chi connectivity index (χ1) is 6.02. The Morgan fingerprint density at radius 2 is 2.08 bits per heavy atom. The molecule has 1 aromatic carbocycles. The molecule has 0 fully saturated rings. The summed E-state index contributed by atoms with van der Waals surface area (Å²) in [5, 5.41) is 10.4. The fraction of sp³-hybridized carbons (Fsp3) is 0.143. The Hall–Kier alpha value is -1.23. The lowest BCUT2D eigenvalue weighted by molar-refractivity contribution is -0.386. The quantitative estimate of drug-likeness (QED) is 0.552. The summed E-state index contributed by atoms with van der Waals surface area (Å²) in [6, 6.07) is 3.05. The predicted octanol–water partition coefficient (Wildman–Crippen LogP) is 3.19. The minimum Gasteiger partial charge on any atom is -0.258 e. The lowest BCUT2D eigenvalue weighted by atomic mass is 10.2. The number of hydrogen-bond donors (Lipinski definition) is 0. The van der Waals surface area contributed by atoms with Crippen molar-refractivity contribution in [2.75, 3.05) is 0 Å². The first-order valence-corrected chi connectivity index (χ1v) is 3.62. The first kappa shape index (κ1) is 9.85. The van der Waals surface area contributed by atoms with E-state index >= 15 is 0 Å². The van der Waals surface area contributed by atoms with E-state index in [0.29, 0.717) is 0 Å². The Labute approximate surface area is 77.1 Å². The third-order valence-corrected chi connectivity index (χ3v) is 1.66. The number of rotatable bonds is 2. The molecule has 70 valence electrons. The summed E-state index contributed by atoms with van der Waals surface area (Å²) in [7, 11) is 0. The average molecular weight is 208 g/mol. The molecular formula is C7H4ClF2NO2. The number of alkyl halides is 2. The molecule has 0 radical (unpaired) electrons. The molecule has 3 nitrogen and oxygen atoms in total. The van der Waals surface area contributed by atoms with Gasteiger partial charge in [0.1, 0.15) is 0 Å². The maximum Gasteiger partial charge on any atom is 0.279 e. The van der Waals surface area contributed by atoms with Gasteiger partial charge in [0, 0.05) is 11.1 Å². The number of nitro groups is 1. The molecule has 0 bridgehead atoms. The van der Waals surface area contributed by atoms with E-state index < -0.39 is 22.6 Å². The molecule has 13 heavy (non-hydrogen) atoms. The summed E-state index contributed by atoms with van der Waals surface area (Å²) < 4.78 is 24.3. The van der Waals surface area contributed by atoms with Crippen LogP contribution in [-0.2, 0) is 0 Å². The molecule has 0 atom stereocenters. The Kier molecular flexibility index (Phi) is 2.77. The Morgan fingerprint density at radius 3 is 2.54 bits per heavy atom. The van der Waals surface area contributed by atoms with E-state index in [1.165, 1.54) is 6.07 Å². The van der Waals surface area contributed by atoms with Crippen LogP contribution in [0.3, 0.4) is 0 Å². The third kappa shape index (κ3) is 2.12. The van der Waals surface area contributed by atoms with Crippen molar-refractivity contribution in [2.24, 2.45) is 0 Å². The second kappa shape index (κ2) is 3.66. The molecule has 1 rings (SSSR count). The highest BCUT2D eigenvalue weighted by Gasteiger charge is 2.21. The van der Waals surface area contributed by atoms with Crippen molar-refractivity contribution in [2.45, 2.75) is 6.43 Å². The fourth-order valence-electron chi connectivity index (χ4n) is 0.859. The second-order valence-electron chi connectivity index (χ2n) is 2.26. The molecule has 0 amide bonds. The molecule has 0 unspecified atom stereocenters. The summed E-state index contributed by atoms with van der Waals surface area (Å²) in [6.45, 7) is 0. The highest BCUT2D eigenvalue weighted by atomic mass is 35.5. The van der Waals surface area contributed by atoms with Gasteiger partial charge in [-0.05, 0) is 12.1 Å². The van der Waals surface area contributed by atoms with Crippen molar-refractivity contribution in [3.05, 3.63) is 38.9 Å². The fourth-order valence-corrected chi connectivity index (χ4v) is 1.03. The van der Waals surface area contributed by atoms with Crippen molar-refractivity contribution in [3.63, 3.8) is 0 Å². The average Bonchev–Trinajstić information content (AvgIpc) is 2.03. The van der Waals surface area contributed by atoms with Crippen LogP contribution in [0.1, 0.15) is 12.0 Å². The van der Waals surface area contributed by atoms with Crippen LogP contribution in [0.2, 0.25) is 5.02 Å². The van der Waals surface area contributed by atoms with Gasteiger partial charge >= 0.3 is 0 Å². The number of nitrogens with zero attached hydrogens (tertiary/aromatic N) is 1. The molecule has 0 aromatic heterocycles. The van der Waals surface area contributed by atoms with E-state index in [1.807, 2.05) is 0 Å². The summed E-state index contributed by atoms with van der Waals surface area (Å²) in [5.41, 5.74) is -1.27. The van der Waals surface area contributed by atoms with Crippen LogP contribution < -0.4 is 0 Å². The monoisotopic (exact) mass is 207 g/mol. The largest absolute Gasteiger partial charge is 0.279 e. The first-order valence-electron chi connectivity index (χ1n) is 3.24. The van der Waals surface area contributed by atoms with Crippen LogP contribution in [0.15, 0.2) is 18.2 Å². The zero-order chi connectivity index (χ0) is 10.0. The number of hydrogen-bond acceptors (Lipinski definition) is 2. The smallest absolute Gasteiger partial charge is 0.258 e. The van der Waals surface area contributed by atoms with Gasteiger partial charge in [0.2, 0.25) is 0 Å². The van der Waals surface area contributed by atoms with E-state index in [-0.39, 0.29) is 5.02 Å². The van der Waals surface area contributed by atoms with Gasteiger partial charge in [-0.25, -0.2) is 8.78 Å². The molecule has 0 saturated heterocycles. The summed E-state index contributed by atoms with van der Waals surface area (Å²) in [6.07, 6.45) is -2.86. The molecule has 0 heterocycles. The van der Waals surface area contributed by atoms with Crippen LogP contribution in [0, 0.1) is 10.1 Å². The molecule has 1 aromatic rings. The van der Waals surface area contributed by atoms with Crippen molar-refractivity contribution in [1.82, 2.24) is 0 Å². The van der Waals surface area contributed by atoms with Gasteiger partial charge in [0.25, 0.3) is 12.1 Å². The van der Waals surface area contributed by atoms with E-state index in [0.717, 1.165) is 12.1 Å². The minimum atomic E-state index is -2.86. The summed E-state index contributed by atoms with van der Waals surface area (Å²) >= 11 is 5.42. The van der Waals surface area contributed by atoms with Gasteiger partial charge in [-0.3, -0.25) is 10.1 Å². The van der Waals surface area contributed by atoms with Crippen molar-refractivity contribution < 1.29 is 13.7 Å².